The Morgan fingerprint density at radius 2 is 2.00 bits per heavy atom. The second kappa shape index (κ2) is 5.87. The number of thiocyanates is 1. The lowest BCUT2D eigenvalue weighted by atomic mass is 10.1. The molecular weight excluding hydrogens is 244 g/mol. The van der Waals surface area contributed by atoms with Gasteiger partial charge in [-0.15, -0.1) is 0 Å². The van der Waals surface area contributed by atoms with Crippen LogP contribution in [0.2, 0.25) is 0 Å². The molecular formula is C12H13F2NOS. The first kappa shape index (κ1) is 13.8. The highest BCUT2D eigenvalue weighted by atomic mass is 32.2. The van der Waals surface area contributed by atoms with Crippen molar-refractivity contribution in [1.29, 1.82) is 5.26 Å². The van der Waals surface area contributed by atoms with Crippen LogP contribution in [0.3, 0.4) is 0 Å². The van der Waals surface area contributed by atoms with Crippen LogP contribution in [0, 0.1) is 10.7 Å². The predicted octanol–water partition coefficient (Wildman–Crippen LogP) is 4.00. The van der Waals surface area contributed by atoms with Crippen molar-refractivity contribution in [1.82, 2.24) is 0 Å². The van der Waals surface area contributed by atoms with Gasteiger partial charge >= 0.3 is 0 Å². The number of methoxy groups -OCH3 is 1. The van der Waals surface area contributed by atoms with Crippen LogP contribution in [0.15, 0.2) is 24.3 Å². The normalized spacial score (nSPS) is 12.9. The fourth-order valence-electron chi connectivity index (χ4n) is 1.44. The summed E-state index contributed by atoms with van der Waals surface area (Å²) in [6.45, 7) is 0.863. The quantitative estimate of drug-likeness (QED) is 0.747. The molecule has 0 aliphatic carbocycles. The van der Waals surface area contributed by atoms with Gasteiger partial charge < -0.3 is 4.74 Å². The van der Waals surface area contributed by atoms with Crippen molar-refractivity contribution < 1.29 is 13.5 Å². The maximum Gasteiger partial charge on any atom is 0.246 e. The molecule has 1 aromatic rings. The molecule has 0 aliphatic rings. The highest BCUT2D eigenvalue weighted by molar-refractivity contribution is 8.03. The number of hydrogen-bond acceptors (Lipinski definition) is 3. The van der Waals surface area contributed by atoms with Gasteiger partial charge in [0.1, 0.15) is 11.2 Å². The summed E-state index contributed by atoms with van der Waals surface area (Å²) < 4.78 is 30.9. The Morgan fingerprint density at radius 3 is 2.41 bits per heavy atom. The number of hydrogen-bond donors (Lipinski definition) is 0. The number of ether oxygens (including phenoxy) is 1. The van der Waals surface area contributed by atoms with Crippen LogP contribution in [0.1, 0.15) is 24.2 Å². The molecule has 0 saturated heterocycles. The molecule has 0 saturated carbocycles. The molecule has 0 heterocycles. The number of rotatable bonds is 5. The van der Waals surface area contributed by atoms with E-state index in [-0.39, 0.29) is 6.42 Å². The van der Waals surface area contributed by atoms with Gasteiger partial charge in [0.05, 0.1) is 7.11 Å². The lowest BCUT2D eigenvalue weighted by molar-refractivity contribution is 0.0126. The van der Waals surface area contributed by atoms with Gasteiger partial charge in [-0.2, -0.15) is 5.26 Å². The summed E-state index contributed by atoms with van der Waals surface area (Å²) >= 11 is 0.855. The third kappa shape index (κ3) is 4.61. The van der Waals surface area contributed by atoms with Gasteiger partial charge in [-0.1, -0.05) is 12.1 Å². The molecule has 17 heavy (non-hydrogen) atoms. The van der Waals surface area contributed by atoms with E-state index >= 15 is 0 Å². The van der Waals surface area contributed by atoms with Crippen LogP contribution in [0.5, 0.6) is 5.75 Å². The Hall–Kier alpha value is -1.28. The van der Waals surface area contributed by atoms with Gasteiger partial charge in [-0.05, 0) is 36.4 Å². The monoisotopic (exact) mass is 257 g/mol. The molecule has 2 nitrogen and oxygen atoms in total. The zero-order valence-electron chi connectivity index (χ0n) is 9.61. The standard InChI is InChI=1S/C12H13F2NOS/c1-12(13,14)7-11(17-8-15)9-3-5-10(16-2)6-4-9/h3-6,11H,7H2,1-2H3. The number of halogens is 2. The van der Waals surface area contributed by atoms with E-state index in [1.165, 1.54) is 7.11 Å². The van der Waals surface area contributed by atoms with Crippen molar-refractivity contribution in [3.8, 4) is 11.2 Å². The molecule has 0 bridgehead atoms. The van der Waals surface area contributed by atoms with Gasteiger partial charge in [-0.3, -0.25) is 0 Å². The van der Waals surface area contributed by atoms with Crippen LogP contribution in [-0.4, -0.2) is 13.0 Å². The molecule has 0 N–H and O–H groups in total. The summed E-state index contributed by atoms with van der Waals surface area (Å²) in [5.74, 6) is -2.12. The lowest BCUT2D eigenvalue weighted by Crippen LogP contribution is -2.13. The molecule has 1 aromatic carbocycles. The summed E-state index contributed by atoms with van der Waals surface area (Å²) in [6, 6.07) is 6.82. The molecule has 0 amide bonds. The van der Waals surface area contributed by atoms with Gasteiger partial charge in [0.25, 0.3) is 0 Å². The molecule has 0 fully saturated rings. The molecule has 1 rings (SSSR count). The Bertz CT molecular complexity index is 394. The first-order chi connectivity index (χ1) is 7.96. The average Bonchev–Trinajstić information content (AvgIpc) is 2.27. The fourth-order valence-corrected chi connectivity index (χ4v) is 2.23. The zero-order chi connectivity index (χ0) is 12.9. The molecule has 1 unspecified atom stereocenters. The first-order valence-electron chi connectivity index (χ1n) is 5.03. The lowest BCUT2D eigenvalue weighted by Gasteiger charge is -2.18. The predicted molar refractivity (Wildman–Crippen MR) is 64.2 cm³/mol. The van der Waals surface area contributed by atoms with Crippen molar-refractivity contribution >= 4 is 11.8 Å². The van der Waals surface area contributed by atoms with Crippen LogP contribution in [0.4, 0.5) is 8.78 Å². The summed E-state index contributed by atoms with van der Waals surface area (Å²) in [5, 5.41) is 9.99. The zero-order valence-corrected chi connectivity index (χ0v) is 10.4. The number of benzene rings is 1. The van der Waals surface area contributed by atoms with E-state index in [0.29, 0.717) is 11.3 Å². The minimum Gasteiger partial charge on any atom is -0.497 e. The van der Waals surface area contributed by atoms with Crippen molar-refractivity contribution in [2.24, 2.45) is 0 Å². The van der Waals surface area contributed by atoms with E-state index in [4.69, 9.17) is 10.00 Å². The minimum absolute atomic E-state index is 0.350. The van der Waals surface area contributed by atoms with Crippen LogP contribution >= 0.6 is 11.8 Å². The maximum atomic E-state index is 13.0. The SMILES string of the molecule is COc1ccc(C(CC(C)(F)F)SC#N)cc1. The van der Waals surface area contributed by atoms with Crippen LogP contribution in [-0.2, 0) is 0 Å². The Morgan fingerprint density at radius 1 is 1.41 bits per heavy atom. The molecule has 5 heteroatoms. The van der Waals surface area contributed by atoms with E-state index in [9.17, 15) is 8.78 Å². The van der Waals surface area contributed by atoms with E-state index in [1.807, 2.05) is 5.40 Å². The van der Waals surface area contributed by atoms with Gasteiger partial charge in [0, 0.05) is 11.7 Å². The van der Waals surface area contributed by atoms with Crippen molar-refractivity contribution in [3.05, 3.63) is 29.8 Å². The number of nitriles is 1. The van der Waals surface area contributed by atoms with E-state index in [1.54, 1.807) is 24.3 Å². The Balaban J connectivity index is 2.86. The highest BCUT2D eigenvalue weighted by Gasteiger charge is 2.28. The largest absolute Gasteiger partial charge is 0.497 e. The molecule has 0 spiro atoms. The number of nitrogens with zero attached hydrogens (tertiary/aromatic N) is 1. The van der Waals surface area contributed by atoms with E-state index < -0.39 is 11.2 Å². The second-order valence-corrected chi connectivity index (χ2v) is 4.73. The topological polar surface area (TPSA) is 33.0 Å². The van der Waals surface area contributed by atoms with Gasteiger partial charge in [0.15, 0.2) is 0 Å². The molecule has 0 aromatic heterocycles. The summed E-state index contributed by atoms with van der Waals surface area (Å²) in [7, 11) is 1.54. The second-order valence-electron chi connectivity index (χ2n) is 3.75. The van der Waals surface area contributed by atoms with E-state index in [2.05, 4.69) is 0 Å². The number of thioether (sulfide) groups is 1. The summed E-state index contributed by atoms with van der Waals surface area (Å²) in [4.78, 5) is 0. The maximum absolute atomic E-state index is 13.0. The van der Waals surface area contributed by atoms with Crippen molar-refractivity contribution in [2.75, 3.05) is 7.11 Å². The third-order valence-corrected chi connectivity index (χ3v) is 3.06. The number of alkyl halides is 2. The van der Waals surface area contributed by atoms with Crippen molar-refractivity contribution in [3.63, 3.8) is 0 Å². The fraction of sp³-hybridized carbons (Fsp3) is 0.417. The molecule has 0 aliphatic heterocycles. The van der Waals surface area contributed by atoms with Gasteiger partial charge in [-0.25, -0.2) is 8.78 Å². The van der Waals surface area contributed by atoms with Crippen molar-refractivity contribution in [2.45, 2.75) is 24.5 Å². The molecule has 1 atom stereocenters. The molecule has 92 valence electrons. The summed E-state index contributed by atoms with van der Waals surface area (Å²) in [6.07, 6.45) is -0.350. The third-order valence-electron chi connectivity index (χ3n) is 2.23. The van der Waals surface area contributed by atoms with Crippen LogP contribution < -0.4 is 4.74 Å². The average molecular weight is 257 g/mol. The van der Waals surface area contributed by atoms with Gasteiger partial charge in [0.2, 0.25) is 5.92 Å². The van der Waals surface area contributed by atoms with E-state index in [0.717, 1.165) is 18.7 Å². The highest BCUT2D eigenvalue weighted by Crippen LogP contribution is 2.38. The molecule has 0 radical (unpaired) electrons. The Labute approximate surface area is 104 Å². The summed E-state index contributed by atoms with van der Waals surface area (Å²) in [5.41, 5.74) is 0.707. The Kier molecular flexibility index (Phi) is 4.76. The van der Waals surface area contributed by atoms with Crippen LogP contribution in [0.25, 0.3) is 0 Å². The first-order valence-corrected chi connectivity index (χ1v) is 5.91. The smallest absolute Gasteiger partial charge is 0.246 e. The minimum atomic E-state index is -2.78.